The molecule has 0 aromatic heterocycles. The van der Waals surface area contributed by atoms with Crippen molar-refractivity contribution in [2.24, 2.45) is 17.8 Å². The summed E-state index contributed by atoms with van der Waals surface area (Å²) in [6, 6.07) is 4.32. The van der Waals surface area contributed by atoms with Gasteiger partial charge in [-0.25, -0.2) is 14.4 Å². The van der Waals surface area contributed by atoms with Crippen molar-refractivity contribution in [1.82, 2.24) is 0 Å². The van der Waals surface area contributed by atoms with E-state index >= 15 is 0 Å². The van der Waals surface area contributed by atoms with Crippen LogP contribution in [-0.4, -0.2) is 34.7 Å². The van der Waals surface area contributed by atoms with E-state index < -0.39 is 34.7 Å². The maximum atomic E-state index is 13.4. The molecule has 0 bridgehead atoms. The summed E-state index contributed by atoms with van der Waals surface area (Å²) < 4.78 is 17.7. The minimum atomic E-state index is -0.746. The molecule has 0 fully saturated rings. The van der Waals surface area contributed by atoms with Gasteiger partial charge in [0, 0.05) is 0 Å². The number of benzene rings is 1. The maximum Gasteiger partial charge on any atom is 0.338 e. The van der Waals surface area contributed by atoms with Gasteiger partial charge in [-0.2, -0.15) is 0 Å². The third-order valence-electron chi connectivity index (χ3n) is 8.27. The second-order valence-corrected chi connectivity index (χ2v) is 14.6. The molecule has 1 aromatic rings. The predicted molar refractivity (Wildman–Crippen MR) is 185 cm³/mol. The summed E-state index contributed by atoms with van der Waals surface area (Å²) in [5.41, 5.74) is -1.95. The number of hydrogen-bond donors (Lipinski definition) is 0. The fourth-order valence-corrected chi connectivity index (χ4v) is 4.97. The number of allylic oxidation sites excluding steroid dienone is 3. The summed E-state index contributed by atoms with van der Waals surface area (Å²) in [4.78, 5) is 40.3. The van der Waals surface area contributed by atoms with Crippen molar-refractivity contribution < 1.29 is 28.6 Å². The largest absolute Gasteiger partial charge is 0.456 e. The van der Waals surface area contributed by atoms with Crippen LogP contribution in [0.5, 0.6) is 0 Å². The molecule has 1 rings (SSSR count). The molecule has 0 aliphatic rings. The van der Waals surface area contributed by atoms with Crippen LogP contribution in [0, 0.1) is 17.8 Å². The zero-order valence-electron chi connectivity index (χ0n) is 29.6. The van der Waals surface area contributed by atoms with Crippen LogP contribution in [0.4, 0.5) is 0 Å². The molecule has 0 spiro atoms. The van der Waals surface area contributed by atoms with E-state index in [9.17, 15) is 14.4 Å². The molecular formula is C39H60O6. The standard InChI is InChI=1S/C39H60O6/c1-13-28(4)19-16-22-37(7,8)43-34(40)31-25-32(35(41)44-38(9,10)23-17-20-29(5)14-2)27-33(26-31)36(42)45-39(11,12)24-18-21-30(6)15-3/h13-15,25-30H,1-3,16-24H2,4-12H3. The van der Waals surface area contributed by atoms with Gasteiger partial charge in [0.1, 0.15) is 16.8 Å². The highest BCUT2D eigenvalue weighted by Gasteiger charge is 2.30. The molecule has 3 atom stereocenters. The lowest BCUT2D eigenvalue weighted by Gasteiger charge is -2.27. The van der Waals surface area contributed by atoms with Crippen LogP contribution < -0.4 is 0 Å². The first-order valence-electron chi connectivity index (χ1n) is 16.6. The number of hydrogen-bond acceptors (Lipinski definition) is 6. The van der Waals surface area contributed by atoms with E-state index in [0.717, 1.165) is 38.5 Å². The van der Waals surface area contributed by atoms with Crippen molar-refractivity contribution in [3.63, 3.8) is 0 Å². The monoisotopic (exact) mass is 624 g/mol. The van der Waals surface area contributed by atoms with Crippen LogP contribution in [0.1, 0.15) is 151 Å². The zero-order chi connectivity index (χ0) is 34.4. The Bertz CT molecular complexity index is 1000. The molecule has 0 N–H and O–H groups in total. The van der Waals surface area contributed by atoms with Crippen molar-refractivity contribution in [3.8, 4) is 0 Å². The Hall–Kier alpha value is -3.15. The molecule has 0 aliphatic heterocycles. The summed E-state index contributed by atoms with van der Waals surface area (Å²) in [5.74, 6) is -0.728. The van der Waals surface area contributed by atoms with E-state index in [1.54, 1.807) is 0 Å². The number of carbonyl (C=O) groups is 3. The predicted octanol–water partition coefficient (Wildman–Crippen LogP) is 10.5. The first kappa shape index (κ1) is 39.9. The Labute approximate surface area is 273 Å². The van der Waals surface area contributed by atoms with Crippen molar-refractivity contribution in [1.29, 1.82) is 0 Å². The van der Waals surface area contributed by atoms with Gasteiger partial charge in [-0.05, 0) is 135 Å². The summed E-state index contributed by atoms with van der Waals surface area (Å²) >= 11 is 0. The second kappa shape index (κ2) is 18.1. The van der Waals surface area contributed by atoms with E-state index in [0.29, 0.717) is 37.0 Å². The SMILES string of the molecule is C=CC(C)CCCC(C)(C)OC(=O)c1cc(C(=O)OC(C)(C)CCCC(C)C=C)cc(C(=O)OC(C)(C)CCCC(C)C=C)c1. The van der Waals surface area contributed by atoms with Crippen LogP contribution in [0.25, 0.3) is 0 Å². The summed E-state index contributed by atoms with van der Waals surface area (Å²) in [6.45, 7) is 29.0. The minimum absolute atomic E-state index is 0.0964. The lowest BCUT2D eigenvalue weighted by molar-refractivity contribution is -0.00580. The molecule has 252 valence electrons. The lowest BCUT2D eigenvalue weighted by atomic mass is 9.96. The van der Waals surface area contributed by atoms with Crippen molar-refractivity contribution >= 4 is 17.9 Å². The molecule has 0 heterocycles. The molecule has 0 amide bonds. The molecular weight excluding hydrogens is 564 g/mol. The Kier molecular flexibility index (Phi) is 16.0. The first-order chi connectivity index (χ1) is 20.8. The Morgan fingerprint density at radius 2 is 0.778 bits per heavy atom. The Morgan fingerprint density at radius 1 is 0.556 bits per heavy atom. The minimum Gasteiger partial charge on any atom is -0.456 e. The molecule has 6 heteroatoms. The van der Waals surface area contributed by atoms with Crippen LogP contribution in [0.15, 0.2) is 56.2 Å². The molecule has 0 saturated heterocycles. The number of esters is 3. The highest BCUT2D eigenvalue weighted by atomic mass is 16.6. The van der Waals surface area contributed by atoms with Crippen LogP contribution in [0.3, 0.4) is 0 Å². The zero-order valence-corrected chi connectivity index (χ0v) is 29.6. The molecule has 0 radical (unpaired) electrons. The van der Waals surface area contributed by atoms with Crippen LogP contribution in [-0.2, 0) is 14.2 Å². The van der Waals surface area contributed by atoms with E-state index in [1.807, 2.05) is 59.8 Å². The second-order valence-electron chi connectivity index (χ2n) is 14.6. The third-order valence-corrected chi connectivity index (χ3v) is 8.27. The highest BCUT2D eigenvalue weighted by Crippen LogP contribution is 2.27. The van der Waals surface area contributed by atoms with E-state index in [1.165, 1.54) is 18.2 Å². The summed E-state index contributed by atoms with van der Waals surface area (Å²) in [5, 5.41) is 0. The van der Waals surface area contributed by atoms with Crippen LogP contribution in [0.2, 0.25) is 0 Å². The molecule has 0 aliphatic carbocycles. The molecule has 45 heavy (non-hydrogen) atoms. The van der Waals surface area contributed by atoms with Crippen molar-refractivity contribution in [2.45, 2.75) is 137 Å². The first-order valence-corrected chi connectivity index (χ1v) is 16.6. The summed E-state index contributed by atoms with van der Waals surface area (Å²) in [6.07, 6.45) is 13.1. The van der Waals surface area contributed by atoms with Gasteiger partial charge in [-0.15, -0.1) is 19.7 Å². The Morgan fingerprint density at radius 3 is 0.978 bits per heavy atom. The van der Waals surface area contributed by atoms with Crippen molar-refractivity contribution in [3.05, 3.63) is 72.9 Å². The van der Waals surface area contributed by atoms with Gasteiger partial charge in [0.15, 0.2) is 0 Å². The Balaban J connectivity index is 3.27. The van der Waals surface area contributed by atoms with Gasteiger partial charge in [0.25, 0.3) is 0 Å². The average Bonchev–Trinajstić information content (AvgIpc) is 2.95. The topological polar surface area (TPSA) is 78.9 Å². The average molecular weight is 625 g/mol. The number of rotatable bonds is 21. The van der Waals surface area contributed by atoms with Gasteiger partial charge in [0.2, 0.25) is 0 Å². The van der Waals surface area contributed by atoms with Gasteiger partial charge in [-0.1, -0.05) is 39.0 Å². The smallest absolute Gasteiger partial charge is 0.338 e. The van der Waals surface area contributed by atoms with Gasteiger partial charge in [-0.3, -0.25) is 0 Å². The molecule has 0 saturated carbocycles. The van der Waals surface area contributed by atoms with E-state index in [2.05, 4.69) is 40.5 Å². The number of carbonyl (C=O) groups excluding carboxylic acids is 3. The van der Waals surface area contributed by atoms with Crippen LogP contribution >= 0.6 is 0 Å². The quantitative estimate of drug-likeness (QED) is 0.0769. The fourth-order valence-electron chi connectivity index (χ4n) is 4.97. The van der Waals surface area contributed by atoms with Gasteiger partial charge < -0.3 is 14.2 Å². The molecule has 3 unspecified atom stereocenters. The fraction of sp³-hybridized carbons (Fsp3) is 0.615. The van der Waals surface area contributed by atoms with E-state index in [4.69, 9.17) is 14.2 Å². The third kappa shape index (κ3) is 15.6. The summed E-state index contributed by atoms with van der Waals surface area (Å²) in [7, 11) is 0. The maximum absolute atomic E-state index is 13.4. The van der Waals surface area contributed by atoms with E-state index in [-0.39, 0.29) is 16.7 Å². The number of ether oxygens (including phenoxy) is 3. The lowest BCUT2D eigenvalue weighted by Crippen LogP contribution is -2.30. The molecule has 1 aromatic carbocycles. The normalized spacial score (nSPS) is 14.1. The van der Waals surface area contributed by atoms with Gasteiger partial charge in [0.05, 0.1) is 16.7 Å². The highest BCUT2D eigenvalue weighted by molar-refractivity contribution is 6.00. The van der Waals surface area contributed by atoms with Gasteiger partial charge >= 0.3 is 17.9 Å². The molecule has 6 nitrogen and oxygen atoms in total. The van der Waals surface area contributed by atoms with Crippen molar-refractivity contribution in [2.75, 3.05) is 0 Å².